The van der Waals surface area contributed by atoms with Crippen molar-refractivity contribution in [3.63, 3.8) is 0 Å². The van der Waals surface area contributed by atoms with Crippen LogP contribution in [0.25, 0.3) is 0 Å². The molecule has 0 heterocycles. The molecule has 110 valence electrons. The molecule has 0 rings (SSSR count). The van der Waals surface area contributed by atoms with Crippen molar-refractivity contribution in [3.8, 4) is 0 Å². The summed E-state index contributed by atoms with van der Waals surface area (Å²) in [7, 11) is 0. The van der Waals surface area contributed by atoms with Gasteiger partial charge in [-0.1, -0.05) is 78.1 Å². The molecular weight excluding hydrogens is 218 g/mol. The Morgan fingerprint density at radius 2 is 1.17 bits per heavy atom. The van der Waals surface area contributed by atoms with Gasteiger partial charge >= 0.3 is 0 Å². The molecule has 0 aromatic heterocycles. The van der Waals surface area contributed by atoms with Gasteiger partial charge in [0.1, 0.15) is 0 Å². The van der Waals surface area contributed by atoms with Gasteiger partial charge in [-0.25, -0.2) is 0 Å². The Kier molecular flexibility index (Phi) is 15.0. The van der Waals surface area contributed by atoms with Gasteiger partial charge in [-0.15, -0.1) is 0 Å². The van der Waals surface area contributed by atoms with Crippen LogP contribution in [0.5, 0.6) is 0 Å². The summed E-state index contributed by atoms with van der Waals surface area (Å²) < 4.78 is 0. The summed E-state index contributed by atoms with van der Waals surface area (Å²) in [5.74, 6) is 0. The molecule has 0 aliphatic carbocycles. The summed E-state index contributed by atoms with van der Waals surface area (Å²) in [5.41, 5.74) is 0. The first-order chi connectivity index (χ1) is 8.81. The van der Waals surface area contributed by atoms with Crippen molar-refractivity contribution >= 4 is 0 Å². The molecule has 0 radical (unpaired) electrons. The van der Waals surface area contributed by atoms with E-state index >= 15 is 0 Å². The predicted octanol–water partition coefficient (Wildman–Crippen LogP) is 5.69. The summed E-state index contributed by atoms with van der Waals surface area (Å²) in [5, 5.41) is 3.65. The third kappa shape index (κ3) is 14.0. The molecule has 0 aromatic carbocycles. The molecule has 0 aliphatic heterocycles. The van der Waals surface area contributed by atoms with E-state index in [0.29, 0.717) is 0 Å². The van der Waals surface area contributed by atoms with E-state index in [4.69, 9.17) is 0 Å². The lowest BCUT2D eigenvalue weighted by molar-refractivity contribution is 0.471. The van der Waals surface area contributed by atoms with Gasteiger partial charge in [0, 0.05) is 6.04 Å². The Balaban J connectivity index is 3.05. The van der Waals surface area contributed by atoms with Crippen LogP contribution in [-0.2, 0) is 0 Å². The lowest BCUT2D eigenvalue weighted by Crippen LogP contribution is -2.26. The normalized spacial score (nSPS) is 12.8. The van der Waals surface area contributed by atoms with Crippen LogP contribution in [0.1, 0.15) is 97.8 Å². The Bertz CT molecular complexity index is 145. The number of hydrogen-bond acceptors (Lipinski definition) is 1. The van der Waals surface area contributed by atoms with E-state index in [9.17, 15) is 0 Å². The highest BCUT2D eigenvalue weighted by atomic mass is 14.9. The second-order valence-electron chi connectivity index (χ2n) is 5.83. The SMILES string of the molecule is CCCCCCCCCCNC(C)CCCCC. The van der Waals surface area contributed by atoms with Gasteiger partial charge in [-0.05, 0) is 26.3 Å². The molecule has 0 aromatic rings. The first-order valence-electron chi connectivity index (χ1n) is 8.54. The minimum absolute atomic E-state index is 0.723. The van der Waals surface area contributed by atoms with Crippen molar-refractivity contribution in [1.82, 2.24) is 5.32 Å². The smallest absolute Gasteiger partial charge is 0.00387 e. The zero-order valence-corrected chi connectivity index (χ0v) is 13.3. The molecule has 1 atom stereocenters. The predicted molar refractivity (Wildman–Crippen MR) is 84.2 cm³/mol. The molecule has 1 unspecified atom stereocenters. The maximum Gasteiger partial charge on any atom is 0.00387 e. The third-order valence-electron chi connectivity index (χ3n) is 3.76. The van der Waals surface area contributed by atoms with Crippen molar-refractivity contribution in [2.75, 3.05) is 6.54 Å². The van der Waals surface area contributed by atoms with Crippen molar-refractivity contribution in [2.24, 2.45) is 0 Å². The Labute approximate surface area is 116 Å². The molecule has 18 heavy (non-hydrogen) atoms. The molecule has 1 heteroatoms. The summed E-state index contributed by atoms with van der Waals surface area (Å²) in [6.07, 6.45) is 16.8. The largest absolute Gasteiger partial charge is 0.314 e. The fourth-order valence-electron chi connectivity index (χ4n) is 2.41. The van der Waals surface area contributed by atoms with E-state index < -0.39 is 0 Å². The van der Waals surface area contributed by atoms with Crippen LogP contribution in [0.3, 0.4) is 0 Å². The minimum Gasteiger partial charge on any atom is -0.314 e. The second kappa shape index (κ2) is 15.0. The van der Waals surface area contributed by atoms with Crippen LogP contribution in [0.4, 0.5) is 0 Å². The van der Waals surface area contributed by atoms with Gasteiger partial charge in [-0.2, -0.15) is 0 Å². The maximum absolute atomic E-state index is 3.65. The van der Waals surface area contributed by atoms with E-state index in [1.54, 1.807) is 0 Å². The number of hydrogen-bond donors (Lipinski definition) is 1. The second-order valence-corrected chi connectivity index (χ2v) is 5.83. The van der Waals surface area contributed by atoms with E-state index in [0.717, 1.165) is 6.04 Å². The first kappa shape index (κ1) is 18.0. The molecule has 0 saturated heterocycles. The lowest BCUT2D eigenvalue weighted by atomic mass is 10.1. The summed E-state index contributed by atoms with van der Waals surface area (Å²) in [6, 6.07) is 0.723. The van der Waals surface area contributed by atoms with Gasteiger partial charge in [0.15, 0.2) is 0 Å². The van der Waals surface area contributed by atoms with Gasteiger partial charge < -0.3 is 5.32 Å². The topological polar surface area (TPSA) is 12.0 Å². The van der Waals surface area contributed by atoms with E-state index in [1.165, 1.54) is 83.6 Å². The van der Waals surface area contributed by atoms with Crippen LogP contribution in [0, 0.1) is 0 Å². The van der Waals surface area contributed by atoms with Crippen molar-refractivity contribution < 1.29 is 0 Å². The Morgan fingerprint density at radius 3 is 1.78 bits per heavy atom. The summed E-state index contributed by atoms with van der Waals surface area (Å²) in [4.78, 5) is 0. The van der Waals surface area contributed by atoms with Crippen LogP contribution in [0.15, 0.2) is 0 Å². The lowest BCUT2D eigenvalue weighted by Gasteiger charge is -2.13. The molecule has 0 spiro atoms. The zero-order chi connectivity index (χ0) is 13.5. The first-order valence-corrected chi connectivity index (χ1v) is 8.54. The summed E-state index contributed by atoms with van der Waals surface area (Å²) >= 11 is 0. The average Bonchev–Trinajstić information content (AvgIpc) is 2.37. The van der Waals surface area contributed by atoms with Crippen LogP contribution in [0.2, 0.25) is 0 Å². The summed E-state index contributed by atoms with van der Waals surface area (Å²) in [6.45, 7) is 8.12. The van der Waals surface area contributed by atoms with Gasteiger partial charge in [-0.3, -0.25) is 0 Å². The molecule has 0 aliphatic rings. The molecule has 0 bridgehead atoms. The monoisotopic (exact) mass is 255 g/mol. The number of unbranched alkanes of at least 4 members (excludes halogenated alkanes) is 9. The number of nitrogens with one attached hydrogen (secondary N) is 1. The standard InChI is InChI=1S/C17H37N/c1-4-6-8-9-10-11-12-14-16-18-17(3)15-13-7-5-2/h17-18H,4-16H2,1-3H3. The van der Waals surface area contributed by atoms with Gasteiger partial charge in [0.2, 0.25) is 0 Å². The minimum atomic E-state index is 0.723. The van der Waals surface area contributed by atoms with Crippen LogP contribution in [-0.4, -0.2) is 12.6 Å². The highest BCUT2D eigenvalue weighted by molar-refractivity contribution is 4.60. The van der Waals surface area contributed by atoms with Gasteiger partial charge in [0.25, 0.3) is 0 Å². The van der Waals surface area contributed by atoms with E-state index in [2.05, 4.69) is 26.1 Å². The maximum atomic E-state index is 3.65. The Hall–Kier alpha value is -0.0400. The van der Waals surface area contributed by atoms with Gasteiger partial charge in [0.05, 0.1) is 0 Å². The fourth-order valence-corrected chi connectivity index (χ4v) is 2.41. The van der Waals surface area contributed by atoms with Crippen LogP contribution >= 0.6 is 0 Å². The highest BCUT2D eigenvalue weighted by Gasteiger charge is 1.99. The molecule has 1 N–H and O–H groups in total. The molecule has 0 fully saturated rings. The quantitative estimate of drug-likeness (QED) is 0.393. The Morgan fingerprint density at radius 1 is 0.667 bits per heavy atom. The molecule has 1 nitrogen and oxygen atoms in total. The van der Waals surface area contributed by atoms with Crippen molar-refractivity contribution in [2.45, 2.75) is 104 Å². The fraction of sp³-hybridized carbons (Fsp3) is 1.00. The van der Waals surface area contributed by atoms with Crippen molar-refractivity contribution in [3.05, 3.63) is 0 Å². The number of rotatable bonds is 14. The molecule has 0 amide bonds. The third-order valence-corrected chi connectivity index (χ3v) is 3.76. The van der Waals surface area contributed by atoms with Crippen LogP contribution < -0.4 is 5.32 Å². The van der Waals surface area contributed by atoms with Crippen molar-refractivity contribution in [1.29, 1.82) is 0 Å². The zero-order valence-electron chi connectivity index (χ0n) is 13.3. The van der Waals surface area contributed by atoms with E-state index in [-0.39, 0.29) is 0 Å². The molecular formula is C17H37N. The highest BCUT2D eigenvalue weighted by Crippen LogP contribution is 2.08. The van der Waals surface area contributed by atoms with E-state index in [1.807, 2.05) is 0 Å². The average molecular weight is 255 g/mol. The molecule has 0 saturated carbocycles.